The van der Waals surface area contributed by atoms with Gasteiger partial charge in [0.05, 0.1) is 5.92 Å². The van der Waals surface area contributed by atoms with Crippen LogP contribution in [0.1, 0.15) is 22.3 Å². The highest BCUT2D eigenvalue weighted by Gasteiger charge is 2.31. The third-order valence-electron chi connectivity index (χ3n) is 3.76. The van der Waals surface area contributed by atoms with Crippen LogP contribution < -0.4 is 5.32 Å². The Balaban J connectivity index is 1.94. The van der Waals surface area contributed by atoms with Gasteiger partial charge in [0, 0.05) is 46.2 Å². The molecule has 0 radical (unpaired) electrons. The summed E-state index contributed by atoms with van der Waals surface area (Å²) in [5.41, 5.74) is 1.45. The molecule has 1 aliphatic rings. The van der Waals surface area contributed by atoms with E-state index < -0.39 is 0 Å². The van der Waals surface area contributed by atoms with E-state index in [-0.39, 0.29) is 30.1 Å². The van der Waals surface area contributed by atoms with Gasteiger partial charge in [-0.1, -0.05) is 12.1 Å². The summed E-state index contributed by atoms with van der Waals surface area (Å²) in [5, 5.41) is 2.83. The summed E-state index contributed by atoms with van der Waals surface area (Å²) in [6.07, 6.45) is 0.265. The lowest BCUT2D eigenvalue weighted by Gasteiger charge is -2.13. The molecule has 2 rings (SSSR count). The number of hydrogen-bond donors (Lipinski definition) is 1. The first-order valence-electron chi connectivity index (χ1n) is 7.20. The van der Waals surface area contributed by atoms with Crippen LogP contribution in [0.3, 0.4) is 0 Å². The molecule has 6 heteroatoms. The second kappa shape index (κ2) is 6.60. The minimum absolute atomic E-state index is 0.00118. The molecular weight excluding hydrogens is 282 g/mol. The Kier molecular flexibility index (Phi) is 4.80. The largest absolute Gasteiger partial charge is 0.352 e. The number of amides is 3. The summed E-state index contributed by atoms with van der Waals surface area (Å²) < 4.78 is 0. The van der Waals surface area contributed by atoms with E-state index in [9.17, 15) is 14.4 Å². The monoisotopic (exact) mass is 303 g/mol. The van der Waals surface area contributed by atoms with Crippen molar-refractivity contribution < 1.29 is 14.4 Å². The van der Waals surface area contributed by atoms with Gasteiger partial charge in [0.1, 0.15) is 0 Å². The van der Waals surface area contributed by atoms with Crippen LogP contribution in [0.2, 0.25) is 0 Å². The maximum atomic E-state index is 12.1. The predicted octanol–water partition coefficient (Wildman–Crippen LogP) is 0.483. The van der Waals surface area contributed by atoms with E-state index in [4.69, 9.17) is 0 Å². The van der Waals surface area contributed by atoms with Crippen molar-refractivity contribution in [1.82, 2.24) is 15.1 Å². The Labute approximate surface area is 130 Å². The normalized spacial score (nSPS) is 17.5. The fraction of sp³-hybridized carbons (Fsp3) is 0.438. The summed E-state index contributed by atoms with van der Waals surface area (Å²) >= 11 is 0. The van der Waals surface area contributed by atoms with E-state index in [2.05, 4.69) is 5.32 Å². The predicted molar refractivity (Wildman–Crippen MR) is 82.1 cm³/mol. The summed E-state index contributed by atoms with van der Waals surface area (Å²) in [7, 11) is 5.10. The number of hydrogen-bond acceptors (Lipinski definition) is 3. The van der Waals surface area contributed by atoms with E-state index in [1.165, 1.54) is 4.90 Å². The van der Waals surface area contributed by atoms with Gasteiger partial charge in [-0.3, -0.25) is 14.4 Å². The van der Waals surface area contributed by atoms with Gasteiger partial charge < -0.3 is 15.1 Å². The minimum Gasteiger partial charge on any atom is -0.352 e. The van der Waals surface area contributed by atoms with Crippen LogP contribution >= 0.6 is 0 Å². The highest BCUT2D eigenvalue weighted by atomic mass is 16.2. The van der Waals surface area contributed by atoms with Gasteiger partial charge in [-0.25, -0.2) is 0 Å². The molecule has 1 unspecified atom stereocenters. The van der Waals surface area contributed by atoms with Crippen molar-refractivity contribution in [3.63, 3.8) is 0 Å². The first kappa shape index (κ1) is 16.0. The molecule has 1 N–H and O–H groups in total. The zero-order chi connectivity index (χ0) is 16.3. The molecule has 1 fully saturated rings. The summed E-state index contributed by atoms with van der Waals surface area (Å²) in [4.78, 5) is 38.5. The lowest BCUT2D eigenvalue weighted by atomic mass is 10.1. The number of carbonyl (C=O) groups is 3. The quantitative estimate of drug-likeness (QED) is 0.880. The van der Waals surface area contributed by atoms with Crippen molar-refractivity contribution in [3.8, 4) is 0 Å². The molecule has 0 aliphatic carbocycles. The van der Waals surface area contributed by atoms with Gasteiger partial charge in [0.25, 0.3) is 5.91 Å². The lowest BCUT2D eigenvalue weighted by molar-refractivity contribution is -0.128. The average Bonchev–Trinajstić information content (AvgIpc) is 2.84. The molecule has 3 amide bonds. The molecule has 0 saturated carbocycles. The molecule has 0 spiro atoms. The van der Waals surface area contributed by atoms with Crippen LogP contribution in [0.25, 0.3) is 0 Å². The topological polar surface area (TPSA) is 69.7 Å². The number of nitrogens with one attached hydrogen (secondary N) is 1. The van der Waals surface area contributed by atoms with E-state index in [1.54, 1.807) is 44.2 Å². The molecule has 22 heavy (non-hydrogen) atoms. The Morgan fingerprint density at radius 3 is 2.68 bits per heavy atom. The number of rotatable bonds is 4. The lowest BCUT2D eigenvalue weighted by Crippen LogP contribution is -2.31. The molecule has 1 aromatic carbocycles. The molecule has 0 bridgehead atoms. The highest BCUT2D eigenvalue weighted by Crippen LogP contribution is 2.16. The molecule has 6 nitrogen and oxygen atoms in total. The third-order valence-corrected chi connectivity index (χ3v) is 3.76. The van der Waals surface area contributed by atoms with E-state index in [1.807, 2.05) is 6.07 Å². The number of nitrogens with zero attached hydrogens (tertiary/aromatic N) is 2. The molecular formula is C16H21N3O3. The number of likely N-dealkylation sites (tertiary alicyclic amines) is 1. The maximum Gasteiger partial charge on any atom is 0.253 e. The van der Waals surface area contributed by atoms with Crippen molar-refractivity contribution >= 4 is 17.7 Å². The molecule has 1 saturated heterocycles. The molecule has 0 aromatic heterocycles. The fourth-order valence-corrected chi connectivity index (χ4v) is 2.45. The second-order valence-electron chi connectivity index (χ2n) is 5.79. The average molecular weight is 303 g/mol. The number of carbonyl (C=O) groups excluding carboxylic acids is 3. The molecule has 1 aromatic rings. The van der Waals surface area contributed by atoms with Crippen LogP contribution in [-0.2, 0) is 16.1 Å². The van der Waals surface area contributed by atoms with Crippen molar-refractivity contribution in [2.75, 3.05) is 27.7 Å². The van der Waals surface area contributed by atoms with Crippen LogP contribution in [0.15, 0.2) is 24.3 Å². The van der Waals surface area contributed by atoms with Crippen LogP contribution in [-0.4, -0.2) is 55.2 Å². The molecule has 118 valence electrons. The van der Waals surface area contributed by atoms with Gasteiger partial charge in [-0.15, -0.1) is 0 Å². The summed E-state index contributed by atoms with van der Waals surface area (Å²) in [6, 6.07) is 7.18. The Hall–Kier alpha value is -2.37. The number of benzene rings is 1. The summed E-state index contributed by atoms with van der Waals surface area (Å²) in [5.74, 6) is -0.485. The Morgan fingerprint density at radius 1 is 1.36 bits per heavy atom. The van der Waals surface area contributed by atoms with E-state index in [0.29, 0.717) is 18.7 Å². The van der Waals surface area contributed by atoms with E-state index in [0.717, 1.165) is 5.56 Å². The van der Waals surface area contributed by atoms with Crippen molar-refractivity contribution in [1.29, 1.82) is 0 Å². The molecule has 1 atom stereocenters. The van der Waals surface area contributed by atoms with Crippen molar-refractivity contribution in [3.05, 3.63) is 35.4 Å². The van der Waals surface area contributed by atoms with Crippen molar-refractivity contribution in [2.45, 2.75) is 13.0 Å². The zero-order valence-corrected chi connectivity index (χ0v) is 13.1. The standard InChI is InChI=1S/C16H21N3O3/c1-18(2)16(22)12-6-4-5-11(7-12)9-17-15(21)13-8-14(20)19(3)10-13/h4-7,13H,8-10H2,1-3H3,(H,17,21). The van der Waals surface area contributed by atoms with Gasteiger partial charge in [-0.2, -0.15) is 0 Å². The Morgan fingerprint density at radius 2 is 2.09 bits per heavy atom. The fourth-order valence-electron chi connectivity index (χ4n) is 2.45. The SMILES string of the molecule is CN(C)C(=O)c1cccc(CNC(=O)C2CC(=O)N(C)C2)c1. The molecule has 1 aliphatic heterocycles. The van der Waals surface area contributed by atoms with E-state index >= 15 is 0 Å². The van der Waals surface area contributed by atoms with Crippen molar-refractivity contribution in [2.24, 2.45) is 5.92 Å². The van der Waals surface area contributed by atoms with Crippen LogP contribution in [0.4, 0.5) is 0 Å². The summed E-state index contributed by atoms with van der Waals surface area (Å²) in [6.45, 7) is 0.811. The van der Waals surface area contributed by atoms with Crippen LogP contribution in [0.5, 0.6) is 0 Å². The van der Waals surface area contributed by atoms with Gasteiger partial charge in [-0.05, 0) is 17.7 Å². The maximum absolute atomic E-state index is 12.1. The zero-order valence-electron chi connectivity index (χ0n) is 13.1. The molecule has 1 heterocycles. The highest BCUT2D eigenvalue weighted by molar-refractivity contribution is 5.94. The minimum atomic E-state index is -0.288. The van der Waals surface area contributed by atoms with Gasteiger partial charge in [0.15, 0.2) is 0 Å². The van der Waals surface area contributed by atoms with Gasteiger partial charge >= 0.3 is 0 Å². The Bertz CT molecular complexity index is 598. The van der Waals surface area contributed by atoms with Gasteiger partial charge in [0.2, 0.25) is 11.8 Å². The van der Waals surface area contributed by atoms with Crippen LogP contribution in [0, 0.1) is 5.92 Å². The first-order chi connectivity index (χ1) is 10.4. The second-order valence-corrected chi connectivity index (χ2v) is 5.79. The smallest absolute Gasteiger partial charge is 0.253 e. The third kappa shape index (κ3) is 3.63. The first-order valence-corrected chi connectivity index (χ1v) is 7.20.